The second-order valence-electron chi connectivity index (χ2n) is 4.78. The molecule has 1 aromatic carbocycles. The molecule has 1 aromatic rings. The smallest absolute Gasteiger partial charge is 0.242 e. The number of hydrogen-bond donors (Lipinski definition) is 1. The first-order chi connectivity index (χ1) is 8.41. The summed E-state index contributed by atoms with van der Waals surface area (Å²) >= 11 is 0. The molecule has 18 heavy (non-hydrogen) atoms. The van der Waals surface area contributed by atoms with E-state index >= 15 is 0 Å². The van der Waals surface area contributed by atoms with Crippen molar-refractivity contribution in [1.82, 2.24) is 4.31 Å². The van der Waals surface area contributed by atoms with Crippen LogP contribution in [-0.4, -0.2) is 45.9 Å². The Morgan fingerprint density at radius 1 is 1.28 bits per heavy atom. The highest BCUT2D eigenvalue weighted by atomic mass is 32.2. The zero-order chi connectivity index (χ0) is 13.3. The Kier molecular flexibility index (Phi) is 3.61. The molecule has 0 saturated carbocycles. The maximum Gasteiger partial charge on any atom is 0.242 e. The van der Waals surface area contributed by atoms with Crippen LogP contribution in [0.3, 0.4) is 0 Å². The van der Waals surface area contributed by atoms with Gasteiger partial charge in [0.05, 0.1) is 4.90 Å². The molecule has 1 heterocycles. The van der Waals surface area contributed by atoms with Crippen molar-refractivity contribution in [2.75, 3.05) is 32.1 Å². The van der Waals surface area contributed by atoms with Crippen molar-refractivity contribution in [3.63, 3.8) is 0 Å². The number of hydrogen-bond acceptors (Lipinski definition) is 4. The van der Waals surface area contributed by atoms with Gasteiger partial charge in [0, 0.05) is 38.9 Å². The fourth-order valence-electron chi connectivity index (χ4n) is 2.06. The van der Waals surface area contributed by atoms with Gasteiger partial charge in [-0.15, -0.1) is 0 Å². The van der Waals surface area contributed by atoms with Gasteiger partial charge in [0.1, 0.15) is 0 Å². The molecule has 2 rings (SSSR count). The molecule has 0 aromatic heterocycles. The van der Waals surface area contributed by atoms with Gasteiger partial charge >= 0.3 is 0 Å². The first kappa shape index (κ1) is 13.3. The number of nitrogens with two attached hydrogens (primary N) is 1. The molecule has 0 aliphatic carbocycles. The molecule has 0 amide bonds. The molecular weight excluding hydrogens is 250 g/mol. The van der Waals surface area contributed by atoms with Crippen molar-refractivity contribution < 1.29 is 8.42 Å². The topological polar surface area (TPSA) is 66.6 Å². The van der Waals surface area contributed by atoms with Crippen LogP contribution in [0.25, 0.3) is 0 Å². The van der Waals surface area contributed by atoms with E-state index in [2.05, 4.69) is 4.90 Å². The van der Waals surface area contributed by atoms with Crippen molar-refractivity contribution >= 4 is 15.7 Å². The van der Waals surface area contributed by atoms with Crippen molar-refractivity contribution in [2.24, 2.45) is 5.73 Å². The van der Waals surface area contributed by atoms with E-state index in [-0.39, 0.29) is 6.04 Å². The van der Waals surface area contributed by atoms with Crippen molar-refractivity contribution in [3.05, 3.63) is 24.3 Å². The van der Waals surface area contributed by atoms with E-state index in [4.69, 9.17) is 5.73 Å². The Morgan fingerprint density at radius 3 is 2.33 bits per heavy atom. The van der Waals surface area contributed by atoms with Crippen LogP contribution in [0, 0.1) is 0 Å². The van der Waals surface area contributed by atoms with E-state index in [0.717, 1.165) is 25.2 Å². The van der Waals surface area contributed by atoms with Crippen molar-refractivity contribution in [2.45, 2.75) is 17.4 Å². The second-order valence-corrected chi connectivity index (χ2v) is 6.93. The normalized spacial score (nSPS) is 20.7. The largest absolute Gasteiger partial charge is 0.370 e. The molecule has 5 nitrogen and oxygen atoms in total. The van der Waals surface area contributed by atoms with Crippen LogP contribution < -0.4 is 10.6 Å². The molecule has 0 unspecified atom stereocenters. The Hall–Kier alpha value is -1.11. The second kappa shape index (κ2) is 4.87. The van der Waals surface area contributed by atoms with Gasteiger partial charge < -0.3 is 10.6 Å². The molecule has 1 saturated heterocycles. The van der Waals surface area contributed by atoms with Crippen LogP contribution in [0.2, 0.25) is 0 Å². The molecule has 100 valence electrons. The zero-order valence-electron chi connectivity index (χ0n) is 10.7. The summed E-state index contributed by atoms with van der Waals surface area (Å²) in [7, 11) is -0.277. The third-order valence-corrected chi connectivity index (χ3v) is 5.03. The molecule has 6 heteroatoms. The van der Waals surface area contributed by atoms with Gasteiger partial charge in [-0.05, 0) is 30.7 Å². The van der Waals surface area contributed by atoms with Crippen LogP contribution in [0.4, 0.5) is 5.69 Å². The van der Waals surface area contributed by atoms with Crippen LogP contribution in [-0.2, 0) is 10.0 Å². The lowest BCUT2D eigenvalue weighted by molar-refractivity contribution is 0.521. The number of nitrogens with zero attached hydrogens (tertiary/aromatic N) is 2. The number of rotatable bonds is 3. The maximum absolute atomic E-state index is 11.9. The number of benzene rings is 1. The van der Waals surface area contributed by atoms with E-state index in [1.807, 2.05) is 12.1 Å². The molecule has 1 fully saturated rings. The quantitative estimate of drug-likeness (QED) is 0.866. The van der Waals surface area contributed by atoms with E-state index in [1.165, 1.54) is 18.4 Å². The van der Waals surface area contributed by atoms with Gasteiger partial charge in [0.15, 0.2) is 0 Å². The zero-order valence-corrected chi connectivity index (χ0v) is 11.5. The fourth-order valence-corrected chi connectivity index (χ4v) is 2.96. The maximum atomic E-state index is 11.9. The average molecular weight is 269 g/mol. The summed E-state index contributed by atoms with van der Waals surface area (Å²) in [6.07, 6.45) is 0.984. The van der Waals surface area contributed by atoms with Gasteiger partial charge in [-0.3, -0.25) is 0 Å². The van der Waals surface area contributed by atoms with Gasteiger partial charge in [0.25, 0.3) is 0 Å². The molecular formula is C12H19N3O2S. The Morgan fingerprint density at radius 2 is 1.89 bits per heavy atom. The summed E-state index contributed by atoms with van der Waals surface area (Å²) in [5, 5.41) is 0. The number of anilines is 1. The summed E-state index contributed by atoms with van der Waals surface area (Å²) in [5.41, 5.74) is 6.89. The molecule has 0 radical (unpaired) electrons. The first-order valence-electron chi connectivity index (χ1n) is 5.94. The predicted molar refractivity (Wildman–Crippen MR) is 72.1 cm³/mol. The Labute approximate surface area is 108 Å². The molecule has 2 N–H and O–H groups in total. The van der Waals surface area contributed by atoms with Crippen LogP contribution in [0.1, 0.15) is 6.42 Å². The fraction of sp³-hybridized carbons (Fsp3) is 0.500. The summed E-state index contributed by atoms with van der Waals surface area (Å²) in [4.78, 5) is 2.50. The minimum absolute atomic E-state index is 0.218. The summed E-state index contributed by atoms with van der Waals surface area (Å²) < 4.78 is 25.0. The van der Waals surface area contributed by atoms with Crippen molar-refractivity contribution in [3.8, 4) is 0 Å². The Balaban J connectivity index is 2.21. The highest BCUT2D eigenvalue weighted by Gasteiger charge is 2.21. The SMILES string of the molecule is CN(C)S(=O)(=O)c1ccc(N2CC[C@H](N)C2)cc1. The third-order valence-electron chi connectivity index (χ3n) is 3.21. The standard InChI is InChI=1S/C12H19N3O2S/c1-14(2)18(16,17)12-5-3-11(4-6-12)15-8-7-10(13)9-15/h3-6,10H,7-9,13H2,1-2H3/t10-/m0/s1. The minimum atomic E-state index is -3.34. The summed E-state index contributed by atoms with van der Waals surface area (Å²) in [6.45, 7) is 1.76. The average Bonchev–Trinajstić information content (AvgIpc) is 2.76. The lowest BCUT2D eigenvalue weighted by Gasteiger charge is -2.19. The summed E-state index contributed by atoms with van der Waals surface area (Å²) in [5.74, 6) is 0. The highest BCUT2D eigenvalue weighted by Crippen LogP contribution is 2.22. The lowest BCUT2D eigenvalue weighted by atomic mass is 10.3. The Bertz CT molecular complexity index is 511. The van der Waals surface area contributed by atoms with Crippen LogP contribution in [0.5, 0.6) is 0 Å². The van der Waals surface area contributed by atoms with Gasteiger partial charge in [0.2, 0.25) is 10.0 Å². The molecule has 1 atom stereocenters. The monoisotopic (exact) mass is 269 g/mol. The van der Waals surface area contributed by atoms with Gasteiger partial charge in [-0.1, -0.05) is 0 Å². The predicted octanol–water partition coefficient (Wildman–Crippen LogP) is 0.474. The molecule has 1 aliphatic heterocycles. The minimum Gasteiger partial charge on any atom is -0.370 e. The van der Waals surface area contributed by atoms with Gasteiger partial charge in [-0.2, -0.15) is 0 Å². The summed E-state index contributed by atoms with van der Waals surface area (Å²) in [6, 6.07) is 7.20. The van der Waals surface area contributed by atoms with E-state index in [9.17, 15) is 8.42 Å². The first-order valence-corrected chi connectivity index (χ1v) is 7.38. The van der Waals surface area contributed by atoms with E-state index in [0.29, 0.717) is 4.90 Å². The third kappa shape index (κ3) is 2.50. The number of sulfonamides is 1. The lowest BCUT2D eigenvalue weighted by Crippen LogP contribution is -2.26. The molecule has 0 bridgehead atoms. The highest BCUT2D eigenvalue weighted by molar-refractivity contribution is 7.89. The van der Waals surface area contributed by atoms with Crippen molar-refractivity contribution in [1.29, 1.82) is 0 Å². The molecule has 1 aliphatic rings. The molecule has 0 spiro atoms. The van der Waals surface area contributed by atoms with E-state index < -0.39 is 10.0 Å². The van der Waals surface area contributed by atoms with Crippen LogP contribution in [0.15, 0.2) is 29.2 Å². The van der Waals surface area contributed by atoms with E-state index in [1.54, 1.807) is 12.1 Å². The van der Waals surface area contributed by atoms with Crippen LogP contribution >= 0.6 is 0 Å². The van der Waals surface area contributed by atoms with Gasteiger partial charge in [-0.25, -0.2) is 12.7 Å².